The zero-order valence-electron chi connectivity index (χ0n) is 15.4. The Kier molecular flexibility index (Phi) is 7.50. The van der Waals surface area contributed by atoms with Gasteiger partial charge in [0.05, 0.1) is 22.9 Å². The molecule has 5 nitrogen and oxygen atoms in total. The molecule has 9 heteroatoms. The molecule has 0 aliphatic heterocycles. The molecular weight excluding hydrogens is 500 g/mol. The lowest BCUT2D eigenvalue weighted by Gasteiger charge is -2.12. The molecule has 0 saturated heterocycles. The quantitative estimate of drug-likeness (QED) is 0.323. The van der Waals surface area contributed by atoms with Crippen molar-refractivity contribution in [3.8, 4) is 17.6 Å². The van der Waals surface area contributed by atoms with Crippen molar-refractivity contribution in [3.63, 3.8) is 0 Å². The second-order valence-electron chi connectivity index (χ2n) is 5.67. The number of rotatable bonds is 6. The van der Waals surface area contributed by atoms with Crippen molar-refractivity contribution < 1.29 is 27.4 Å². The molecule has 0 aliphatic carbocycles. The van der Waals surface area contributed by atoms with Crippen LogP contribution in [0.5, 0.6) is 11.5 Å². The van der Waals surface area contributed by atoms with Crippen molar-refractivity contribution in [3.05, 3.63) is 56.7 Å². The Balaban J connectivity index is 2.32. The summed E-state index contributed by atoms with van der Waals surface area (Å²) in [4.78, 5) is 12.4. The molecule has 0 atom stereocenters. The Labute approximate surface area is 179 Å². The van der Waals surface area contributed by atoms with Crippen LogP contribution in [0, 0.1) is 14.9 Å². The van der Waals surface area contributed by atoms with Gasteiger partial charge in [0.15, 0.2) is 11.5 Å². The summed E-state index contributed by atoms with van der Waals surface area (Å²) in [6.07, 6.45) is -3.21. The van der Waals surface area contributed by atoms with Gasteiger partial charge in [-0.3, -0.25) is 4.79 Å². The van der Waals surface area contributed by atoms with Crippen LogP contribution in [0.2, 0.25) is 0 Å². The number of methoxy groups -OCH3 is 1. The minimum absolute atomic E-state index is 0.0650. The van der Waals surface area contributed by atoms with E-state index >= 15 is 0 Å². The van der Waals surface area contributed by atoms with Crippen LogP contribution in [-0.2, 0) is 11.0 Å². The van der Waals surface area contributed by atoms with Gasteiger partial charge in [0.25, 0.3) is 5.91 Å². The van der Waals surface area contributed by atoms with E-state index in [1.54, 1.807) is 18.2 Å². The molecule has 0 unspecified atom stereocenters. The van der Waals surface area contributed by atoms with Crippen molar-refractivity contribution in [1.82, 2.24) is 0 Å². The molecule has 0 fully saturated rings. The van der Waals surface area contributed by atoms with Gasteiger partial charge in [0, 0.05) is 5.69 Å². The molecule has 0 radical (unpaired) electrons. The number of ether oxygens (including phenoxy) is 2. The average Bonchev–Trinajstić information content (AvgIpc) is 2.67. The van der Waals surface area contributed by atoms with Crippen molar-refractivity contribution in [1.29, 1.82) is 5.26 Å². The Morgan fingerprint density at radius 3 is 2.62 bits per heavy atom. The highest BCUT2D eigenvalue weighted by Crippen LogP contribution is 2.35. The number of benzene rings is 2. The van der Waals surface area contributed by atoms with Gasteiger partial charge < -0.3 is 14.8 Å². The van der Waals surface area contributed by atoms with Crippen LogP contribution < -0.4 is 14.8 Å². The van der Waals surface area contributed by atoms with Gasteiger partial charge in [0.2, 0.25) is 0 Å². The molecule has 0 spiro atoms. The Hall–Kier alpha value is -2.74. The van der Waals surface area contributed by atoms with Crippen LogP contribution in [0.3, 0.4) is 0 Å². The number of amides is 1. The highest BCUT2D eigenvalue weighted by atomic mass is 127. The summed E-state index contributed by atoms with van der Waals surface area (Å²) in [7, 11) is 1.47. The van der Waals surface area contributed by atoms with E-state index in [1.807, 2.05) is 29.5 Å². The lowest BCUT2D eigenvalue weighted by atomic mass is 10.1. The number of anilines is 1. The molecule has 0 heterocycles. The van der Waals surface area contributed by atoms with Gasteiger partial charge in [-0.1, -0.05) is 6.07 Å². The molecule has 0 bridgehead atoms. The molecule has 0 saturated carbocycles. The first-order valence-electron chi connectivity index (χ1n) is 8.30. The number of carbonyl (C=O) groups is 1. The summed E-state index contributed by atoms with van der Waals surface area (Å²) in [5.41, 5.74) is -0.733. The summed E-state index contributed by atoms with van der Waals surface area (Å²) < 4.78 is 50.0. The second kappa shape index (κ2) is 9.65. The Morgan fingerprint density at radius 2 is 2.03 bits per heavy atom. The van der Waals surface area contributed by atoms with E-state index in [9.17, 15) is 23.2 Å². The van der Waals surface area contributed by atoms with E-state index in [2.05, 4.69) is 5.32 Å². The summed E-state index contributed by atoms with van der Waals surface area (Å²) in [5, 5.41) is 11.7. The van der Waals surface area contributed by atoms with Gasteiger partial charge in [0.1, 0.15) is 11.6 Å². The van der Waals surface area contributed by atoms with E-state index in [0.29, 0.717) is 27.2 Å². The summed E-state index contributed by atoms with van der Waals surface area (Å²) >= 11 is 2.04. The number of nitriles is 1. The maximum Gasteiger partial charge on any atom is 0.416 e. The molecule has 2 rings (SSSR count). The summed E-state index contributed by atoms with van der Waals surface area (Å²) in [6.45, 7) is 2.26. The number of halogens is 4. The molecule has 152 valence electrons. The Bertz CT molecular complexity index is 982. The van der Waals surface area contributed by atoms with Crippen molar-refractivity contribution in [2.75, 3.05) is 19.0 Å². The molecular formula is C20H16F3IN2O3. The zero-order chi connectivity index (χ0) is 21.6. The Morgan fingerprint density at radius 1 is 1.31 bits per heavy atom. The van der Waals surface area contributed by atoms with E-state index in [1.165, 1.54) is 25.3 Å². The van der Waals surface area contributed by atoms with E-state index in [0.717, 1.165) is 12.1 Å². The first-order chi connectivity index (χ1) is 13.7. The highest BCUT2D eigenvalue weighted by Gasteiger charge is 2.30. The third-order valence-electron chi connectivity index (χ3n) is 3.66. The number of nitrogens with zero attached hydrogens (tertiary/aromatic N) is 1. The minimum Gasteiger partial charge on any atom is -0.493 e. The second-order valence-corrected chi connectivity index (χ2v) is 6.83. The predicted octanol–water partition coefficient (Wildman–Crippen LogP) is 5.26. The molecule has 29 heavy (non-hydrogen) atoms. The third kappa shape index (κ3) is 5.87. The van der Waals surface area contributed by atoms with Gasteiger partial charge in [-0.05, 0) is 71.5 Å². The summed E-state index contributed by atoms with van der Waals surface area (Å²) in [6, 6.07) is 9.24. The topological polar surface area (TPSA) is 71.3 Å². The van der Waals surface area contributed by atoms with Crippen LogP contribution in [0.15, 0.2) is 42.0 Å². The predicted molar refractivity (Wildman–Crippen MR) is 111 cm³/mol. The van der Waals surface area contributed by atoms with Crippen LogP contribution >= 0.6 is 22.6 Å². The van der Waals surface area contributed by atoms with Crippen molar-refractivity contribution in [2.45, 2.75) is 13.1 Å². The van der Waals surface area contributed by atoms with Gasteiger partial charge in [-0.25, -0.2) is 0 Å². The SMILES string of the molecule is CCOc1c(I)cc(/C=C(\C#N)C(=O)Nc2cccc(C(F)(F)F)c2)cc1OC. The number of carbonyl (C=O) groups excluding carboxylic acids is 1. The van der Waals surface area contributed by atoms with E-state index in [-0.39, 0.29) is 11.3 Å². The fourth-order valence-corrected chi connectivity index (χ4v) is 3.18. The van der Waals surface area contributed by atoms with Gasteiger partial charge in [-0.15, -0.1) is 0 Å². The number of hydrogen-bond donors (Lipinski definition) is 1. The maximum atomic E-state index is 12.8. The molecule has 0 aliphatic rings. The van der Waals surface area contributed by atoms with Crippen molar-refractivity contribution in [2.24, 2.45) is 0 Å². The van der Waals surface area contributed by atoms with Crippen molar-refractivity contribution >= 4 is 40.3 Å². The first kappa shape index (κ1) is 22.5. The monoisotopic (exact) mass is 516 g/mol. The fourth-order valence-electron chi connectivity index (χ4n) is 2.39. The largest absolute Gasteiger partial charge is 0.493 e. The van der Waals surface area contributed by atoms with Crippen LogP contribution in [0.4, 0.5) is 18.9 Å². The third-order valence-corrected chi connectivity index (χ3v) is 4.47. The smallest absolute Gasteiger partial charge is 0.416 e. The lowest BCUT2D eigenvalue weighted by Crippen LogP contribution is -2.14. The molecule has 1 amide bonds. The molecule has 2 aromatic rings. The van der Waals surface area contributed by atoms with E-state index < -0.39 is 17.6 Å². The molecule has 0 aromatic heterocycles. The zero-order valence-corrected chi connectivity index (χ0v) is 17.6. The molecule has 1 N–H and O–H groups in total. The fraction of sp³-hybridized carbons (Fsp3) is 0.200. The summed E-state index contributed by atoms with van der Waals surface area (Å²) in [5.74, 6) is 0.148. The highest BCUT2D eigenvalue weighted by molar-refractivity contribution is 14.1. The van der Waals surface area contributed by atoms with Gasteiger partial charge in [-0.2, -0.15) is 18.4 Å². The molecule has 2 aromatic carbocycles. The van der Waals surface area contributed by atoms with Crippen LogP contribution in [0.25, 0.3) is 6.08 Å². The minimum atomic E-state index is -4.54. The normalized spacial score (nSPS) is 11.6. The average molecular weight is 516 g/mol. The lowest BCUT2D eigenvalue weighted by molar-refractivity contribution is -0.137. The maximum absolute atomic E-state index is 12.8. The van der Waals surface area contributed by atoms with E-state index in [4.69, 9.17) is 9.47 Å². The standard InChI is InChI=1S/C20H16F3IN2O3/c1-3-29-18-16(24)8-12(9-17(18)28-2)7-13(11-25)19(27)26-15-6-4-5-14(10-15)20(21,22)23/h4-10H,3H2,1-2H3,(H,26,27)/b13-7+. The number of hydrogen-bond acceptors (Lipinski definition) is 4. The van der Waals surface area contributed by atoms with Crippen LogP contribution in [-0.4, -0.2) is 19.6 Å². The van der Waals surface area contributed by atoms with Gasteiger partial charge >= 0.3 is 6.18 Å². The van der Waals surface area contributed by atoms with Crippen LogP contribution in [0.1, 0.15) is 18.1 Å². The number of nitrogens with one attached hydrogen (secondary N) is 1. The first-order valence-corrected chi connectivity index (χ1v) is 9.38. The number of alkyl halides is 3.